The third-order valence-corrected chi connectivity index (χ3v) is 5.26. The first-order chi connectivity index (χ1) is 9.92. The number of nitrogens with zero attached hydrogens (tertiary/aromatic N) is 1. The number of ether oxygens (including phenoxy) is 1. The fraction of sp³-hybridized carbons (Fsp3) is 1.00. The predicted molar refractivity (Wildman–Crippen MR) is 89.7 cm³/mol. The zero-order chi connectivity index (χ0) is 15.3. The van der Waals surface area contributed by atoms with Gasteiger partial charge in [-0.05, 0) is 58.4 Å². The van der Waals surface area contributed by atoms with E-state index in [2.05, 4.69) is 31.0 Å². The van der Waals surface area contributed by atoms with Crippen LogP contribution >= 0.6 is 0 Å². The molecule has 21 heavy (non-hydrogen) atoms. The first kappa shape index (κ1) is 17.2. The fourth-order valence-electron chi connectivity index (χ4n) is 3.97. The molecule has 2 aliphatic rings. The second-order valence-corrected chi connectivity index (χ2v) is 8.40. The highest BCUT2D eigenvalue weighted by molar-refractivity contribution is 4.91. The van der Waals surface area contributed by atoms with Crippen LogP contribution in [0.15, 0.2) is 0 Å². The zero-order valence-electron chi connectivity index (χ0n) is 14.7. The number of methoxy groups -OCH3 is 1. The smallest absolute Gasteiger partial charge is 0.0698 e. The molecule has 3 heteroatoms. The molecule has 0 aromatic carbocycles. The summed E-state index contributed by atoms with van der Waals surface area (Å²) in [6.07, 6.45) is 10.0. The van der Waals surface area contributed by atoms with Crippen LogP contribution in [0.2, 0.25) is 0 Å². The lowest BCUT2D eigenvalue weighted by Gasteiger charge is -2.44. The van der Waals surface area contributed by atoms with Crippen molar-refractivity contribution < 1.29 is 4.74 Å². The minimum Gasteiger partial charge on any atom is -0.380 e. The largest absolute Gasteiger partial charge is 0.380 e. The molecular weight excluding hydrogens is 260 g/mol. The third kappa shape index (κ3) is 5.54. The Hall–Kier alpha value is -0.120. The summed E-state index contributed by atoms with van der Waals surface area (Å²) in [5.74, 6) is 0. The Balaban J connectivity index is 1.95. The molecule has 1 saturated heterocycles. The lowest BCUT2D eigenvalue weighted by Crippen LogP contribution is -2.52. The molecule has 0 aromatic heterocycles. The van der Waals surface area contributed by atoms with Crippen molar-refractivity contribution in [3.63, 3.8) is 0 Å². The van der Waals surface area contributed by atoms with E-state index in [4.69, 9.17) is 4.74 Å². The van der Waals surface area contributed by atoms with Gasteiger partial charge in [0.2, 0.25) is 0 Å². The quantitative estimate of drug-likeness (QED) is 0.841. The molecule has 1 aliphatic carbocycles. The first-order valence-corrected chi connectivity index (χ1v) is 8.93. The van der Waals surface area contributed by atoms with Gasteiger partial charge in [-0.2, -0.15) is 0 Å². The lowest BCUT2D eigenvalue weighted by atomic mass is 9.73. The van der Waals surface area contributed by atoms with Gasteiger partial charge in [-0.3, -0.25) is 0 Å². The molecule has 0 bridgehead atoms. The Morgan fingerprint density at radius 3 is 2.48 bits per heavy atom. The third-order valence-electron chi connectivity index (χ3n) is 5.26. The Labute approximate surface area is 131 Å². The number of piperidine rings is 1. The average molecular weight is 296 g/mol. The van der Waals surface area contributed by atoms with Crippen molar-refractivity contribution in [2.75, 3.05) is 33.3 Å². The van der Waals surface area contributed by atoms with E-state index >= 15 is 0 Å². The van der Waals surface area contributed by atoms with E-state index in [1.807, 2.05) is 7.11 Å². The van der Waals surface area contributed by atoms with Gasteiger partial charge in [-0.25, -0.2) is 0 Å². The molecule has 1 heterocycles. The number of nitrogens with one attached hydrogen (secondary N) is 1. The van der Waals surface area contributed by atoms with Gasteiger partial charge in [0.05, 0.1) is 6.10 Å². The van der Waals surface area contributed by atoms with E-state index in [1.165, 1.54) is 64.6 Å². The van der Waals surface area contributed by atoms with Crippen LogP contribution in [0.5, 0.6) is 0 Å². The van der Waals surface area contributed by atoms with Crippen LogP contribution in [0.4, 0.5) is 0 Å². The molecule has 2 fully saturated rings. The van der Waals surface area contributed by atoms with Crippen molar-refractivity contribution in [1.29, 1.82) is 0 Å². The average Bonchev–Trinajstić information content (AvgIpc) is 2.46. The Morgan fingerprint density at radius 1 is 1.14 bits per heavy atom. The summed E-state index contributed by atoms with van der Waals surface area (Å²) >= 11 is 0. The summed E-state index contributed by atoms with van der Waals surface area (Å²) in [7, 11) is 1.87. The van der Waals surface area contributed by atoms with Crippen molar-refractivity contribution in [3.8, 4) is 0 Å². The molecule has 1 atom stereocenters. The molecule has 1 unspecified atom stereocenters. The van der Waals surface area contributed by atoms with Crippen molar-refractivity contribution in [2.45, 2.75) is 77.4 Å². The van der Waals surface area contributed by atoms with Gasteiger partial charge in [0.1, 0.15) is 0 Å². The highest BCUT2D eigenvalue weighted by Crippen LogP contribution is 2.37. The van der Waals surface area contributed by atoms with E-state index in [0.29, 0.717) is 11.5 Å². The van der Waals surface area contributed by atoms with Crippen molar-refractivity contribution >= 4 is 0 Å². The van der Waals surface area contributed by atoms with Crippen LogP contribution < -0.4 is 5.32 Å². The maximum Gasteiger partial charge on any atom is 0.0698 e. The minimum absolute atomic E-state index is 0.224. The Morgan fingerprint density at radius 2 is 1.86 bits per heavy atom. The molecule has 1 aliphatic heterocycles. The van der Waals surface area contributed by atoms with Crippen molar-refractivity contribution in [2.24, 2.45) is 5.41 Å². The maximum atomic E-state index is 5.60. The molecule has 0 spiro atoms. The summed E-state index contributed by atoms with van der Waals surface area (Å²) in [4.78, 5) is 2.67. The molecule has 124 valence electrons. The molecular formula is C18H36N2O. The van der Waals surface area contributed by atoms with Gasteiger partial charge in [-0.1, -0.05) is 19.3 Å². The molecule has 1 saturated carbocycles. The SMILES string of the molecule is COC1CCCN(CC2(CNC(C)(C)C)CCCCC2)C1. The molecule has 1 N–H and O–H groups in total. The van der Waals surface area contributed by atoms with Gasteiger partial charge in [0, 0.05) is 32.3 Å². The highest BCUT2D eigenvalue weighted by Gasteiger charge is 2.35. The minimum atomic E-state index is 0.224. The van der Waals surface area contributed by atoms with Crippen LogP contribution in [0, 0.1) is 5.41 Å². The predicted octanol–water partition coefficient (Wildman–Crippen LogP) is 3.44. The van der Waals surface area contributed by atoms with Gasteiger partial charge in [-0.15, -0.1) is 0 Å². The normalized spacial score (nSPS) is 27.7. The topological polar surface area (TPSA) is 24.5 Å². The van der Waals surface area contributed by atoms with Crippen LogP contribution in [0.3, 0.4) is 0 Å². The molecule has 0 radical (unpaired) electrons. The van der Waals surface area contributed by atoms with Crippen LogP contribution in [-0.2, 0) is 4.74 Å². The summed E-state index contributed by atoms with van der Waals surface area (Å²) in [6.45, 7) is 11.7. The van der Waals surface area contributed by atoms with Crippen LogP contribution in [-0.4, -0.2) is 49.8 Å². The summed E-state index contributed by atoms with van der Waals surface area (Å²) in [5, 5.41) is 3.79. The number of likely N-dealkylation sites (tertiary alicyclic amines) is 1. The molecule has 2 rings (SSSR count). The number of rotatable bonds is 5. The zero-order valence-corrected chi connectivity index (χ0v) is 14.7. The van der Waals surface area contributed by atoms with Crippen LogP contribution in [0.1, 0.15) is 65.7 Å². The second kappa shape index (κ2) is 7.43. The summed E-state index contributed by atoms with van der Waals surface area (Å²) in [6, 6.07) is 0. The Bertz CT molecular complexity index is 305. The fourth-order valence-corrected chi connectivity index (χ4v) is 3.97. The number of hydrogen-bond acceptors (Lipinski definition) is 3. The lowest BCUT2D eigenvalue weighted by molar-refractivity contribution is 0.00542. The molecule has 0 aromatic rings. The molecule has 0 amide bonds. The first-order valence-electron chi connectivity index (χ1n) is 8.93. The van der Waals surface area contributed by atoms with Gasteiger partial charge in [0.15, 0.2) is 0 Å². The van der Waals surface area contributed by atoms with Gasteiger partial charge >= 0.3 is 0 Å². The van der Waals surface area contributed by atoms with E-state index < -0.39 is 0 Å². The summed E-state index contributed by atoms with van der Waals surface area (Å²) < 4.78 is 5.60. The second-order valence-electron chi connectivity index (χ2n) is 8.40. The Kier molecular flexibility index (Phi) is 6.10. The molecule has 3 nitrogen and oxygen atoms in total. The maximum absolute atomic E-state index is 5.60. The highest BCUT2D eigenvalue weighted by atomic mass is 16.5. The van der Waals surface area contributed by atoms with Crippen LogP contribution in [0.25, 0.3) is 0 Å². The van der Waals surface area contributed by atoms with Crippen molar-refractivity contribution in [3.05, 3.63) is 0 Å². The van der Waals surface area contributed by atoms with E-state index in [9.17, 15) is 0 Å². The van der Waals surface area contributed by atoms with Crippen molar-refractivity contribution in [1.82, 2.24) is 10.2 Å². The van der Waals surface area contributed by atoms with Gasteiger partial charge < -0.3 is 15.0 Å². The summed E-state index contributed by atoms with van der Waals surface area (Å²) in [5.41, 5.74) is 0.711. The van der Waals surface area contributed by atoms with E-state index in [0.717, 1.165) is 6.54 Å². The number of hydrogen-bond donors (Lipinski definition) is 1. The van der Waals surface area contributed by atoms with E-state index in [1.54, 1.807) is 0 Å². The standard InChI is InChI=1S/C18H36N2O/c1-17(2,3)19-14-18(10-6-5-7-11-18)15-20-12-8-9-16(13-20)21-4/h16,19H,5-15H2,1-4H3. The van der Waals surface area contributed by atoms with E-state index in [-0.39, 0.29) is 5.54 Å². The monoisotopic (exact) mass is 296 g/mol. The van der Waals surface area contributed by atoms with Gasteiger partial charge in [0.25, 0.3) is 0 Å².